The van der Waals surface area contributed by atoms with E-state index in [1.807, 2.05) is 48.5 Å². The summed E-state index contributed by atoms with van der Waals surface area (Å²) < 4.78 is 10.9. The number of carbonyl (C=O) groups is 2. The normalized spacial score (nSPS) is 13.4. The molecule has 5 rings (SSSR count). The summed E-state index contributed by atoms with van der Waals surface area (Å²) in [5.41, 5.74) is 4.33. The smallest absolute Gasteiger partial charge is 0.339 e. The number of nitriles is 1. The predicted molar refractivity (Wildman–Crippen MR) is 127 cm³/mol. The summed E-state index contributed by atoms with van der Waals surface area (Å²) in [6.45, 7) is -0.473. The van der Waals surface area contributed by atoms with Crippen molar-refractivity contribution in [2.45, 2.75) is 12.8 Å². The van der Waals surface area contributed by atoms with Gasteiger partial charge in [0.25, 0.3) is 5.91 Å². The first-order chi connectivity index (χ1) is 16.6. The van der Waals surface area contributed by atoms with Crippen LogP contribution in [0.15, 0.2) is 71.3 Å². The zero-order valence-electron chi connectivity index (χ0n) is 18.1. The highest BCUT2D eigenvalue weighted by Gasteiger charge is 2.28. The first-order valence-corrected chi connectivity index (χ1v) is 10.8. The van der Waals surface area contributed by atoms with Crippen molar-refractivity contribution in [3.05, 3.63) is 95.1 Å². The molecule has 0 aliphatic heterocycles. The van der Waals surface area contributed by atoms with Crippen molar-refractivity contribution in [2.24, 2.45) is 0 Å². The predicted octanol–water partition coefficient (Wildman–Crippen LogP) is 4.98. The molecule has 4 aromatic rings. The molecule has 7 heteroatoms. The van der Waals surface area contributed by atoms with E-state index in [0.29, 0.717) is 40.6 Å². The maximum Gasteiger partial charge on any atom is 0.339 e. The van der Waals surface area contributed by atoms with Gasteiger partial charge in [-0.2, -0.15) is 5.26 Å². The second-order valence-electron chi connectivity index (χ2n) is 7.80. The molecule has 0 fully saturated rings. The number of amides is 1. The van der Waals surface area contributed by atoms with Gasteiger partial charge in [0.05, 0.1) is 34.3 Å². The molecule has 34 heavy (non-hydrogen) atoms. The summed E-state index contributed by atoms with van der Waals surface area (Å²) in [4.78, 5) is 30.4. The van der Waals surface area contributed by atoms with Crippen LogP contribution in [0.1, 0.15) is 39.4 Å². The number of ether oxygens (including phenoxy) is 1. The number of nitrogens with zero attached hydrogens (tertiary/aromatic N) is 2. The molecule has 0 spiro atoms. The van der Waals surface area contributed by atoms with Gasteiger partial charge in [0.15, 0.2) is 6.61 Å². The number of rotatable bonds is 5. The monoisotopic (exact) mass is 449 g/mol. The van der Waals surface area contributed by atoms with Crippen LogP contribution in [-0.2, 0) is 16.0 Å². The number of hydrogen-bond donors (Lipinski definition) is 1. The van der Waals surface area contributed by atoms with Crippen LogP contribution in [0.4, 0.5) is 5.69 Å². The number of benzene rings is 2. The summed E-state index contributed by atoms with van der Waals surface area (Å²) in [5.74, 6) is -0.390. The Bertz CT molecular complexity index is 1480. The average Bonchev–Trinajstić information content (AvgIpc) is 3.52. The lowest BCUT2D eigenvalue weighted by Gasteiger charge is -2.12. The van der Waals surface area contributed by atoms with Crippen molar-refractivity contribution >= 4 is 40.1 Å². The minimum absolute atomic E-state index is 0.330. The lowest BCUT2D eigenvalue weighted by molar-refractivity contribution is -0.119. The van der Waals surface area contributed by atoms with Gasteiger partial charge in [0.2, 0.25) is 0 Å². The number of furan rings is 1. The van der Waals surface area contributed by atoms with E-state index in [9.17, 15) is 14.9 Å². The Morgan fingerprint density at radius 2 is 1.91 bits per heavy atom. The topological polar surface area (TPSA) is 105 Å². The van der Waals surface area contributed by atoms with Gasteiger partial charge in [-0.3, -0.25) is 4.79 Å². The molecule has 1 N–H and O–H groups in total. The molecule has 0 saturated carbocycles. The first-order valence-electron chi connectivity index (χ1n) is 10.8. The molecule has 2 aromatic heterocycles. The molecule has 166 valence electrons. The van der Waals surface area contributed by atoms with Crippen molar-refractivity contribution < 1.29 is 18.7 Å². The van der Waals surface area contributed by atoms with E-state index in [-0.39, 0.29) is 0 Å². The summed E-state index contributed by atoms with van der Waals surface area (Å²) in [6, 6.07) is 19.7. The Labute approximate surface area is 195 Å². The Kier molecular flexibility index (Phi) is 5.63. The fourth-order valence-electron chi connectivity index (χ4n) is 4.14. The molecule has 1 amide bonds. The van der Waals surface area contributed by atoms with Crippen LogP contribution in [0.2, 0.25) is 0 Å². The number of anilines is 1. The van der Waals surface area contributed by atoms with Gasteiger partial charge < -0.3 is 14.5 Å². The second kappa shape index (κ2) is 9.04. The van der Waals surface area contributed by atoms with Gasteiger partial charge in [-0.05, 0) is 60.4 Å². The highest BCUT2D eigenvalue weighted by Crippen LogP contribution is 2.37. The van der Waals surface area contributed by atoms with Crippen LogP contribution in [0.3, 0.4) is 0 Å². The molecule has 1 aliphatic carbocycles. The quantitative estimate of drug-likeness (QED) is 0.431. The maximum atomic E-state index is 13.2. The minimum atomic E-state index is -0.585. The third kappa shape index (κ3) is 4.05. The number of fused-ring (bicyclic) bond motifs is 2. The van der Waals surface area contributed by atoms with Crippen LogP contribution in [0.25, 0.3) is 22.6 Å². The SMILES string of the molecule is N#Cc1ccccc1NC(=O)COC(=O)c1c2c(nc3ccccc13)/C(=C/c1ccco1)CC2. The number of aromatic nitrogens is 1. The molecule has 1 aliphatic rings. The standard InChI is InChI=1S/C27H19N3O4/c28-15-18-6-1-3-9-22(18)29-24(31)16-34-27(32)25-20-8-2-4-10-23(20)30-26-17(11-12-21(25)26)14-19-7-5-13-33-19/h1-10,13-14H,11-12,16H2,(H,29,31)/b17-14+. The molecule has 7 nitrogen and oxygen atoms in total. The van der Waals surface area contributed by atoms with E-state index in [1.165, 1.54) is 0 Å². The van der Waals surface area contributed by atoms with Gasteiger partial charge in [-0.25, -0.2) is 9.78 Å². The lowest BCUT2D eigenvalue weighted by atomic mass is 10.0. The molecular weight excluding hydrogens is 430 g/mol. The Hall–Kier alpha value is -4.70. The van der Waals surface area contributed by atoms with Crippen molar-refractivity contribution in [3.8, 4) is 6.07 Å². The Morgan fingerprint density at radius 3 is 2.74 bits per heavy atom. The summed E-state index contributed by atoms with van der Waals surface area (Å²) >= 11 is 0. The van der Waals surface area contributed by atoms with Crippen LogP contribution >= 0.6 is 0 Å². The summed E-state index contributed by atoms with van der Waals surface area (Å²) in [5, 5.41) is 12.5. The maximum absolute atomic E-state index is 13.2. The third-order valence-electron chi connectivity index (χ3n) is 5.66. The van der Waals surface area contributed by atoms with Crippen LogP contribution in [-0.4, -0.2) is 23.5 Å². The lowest BCUT2D eigenvalue weighted by Crippen LogP contribution is -2.22. The zero-order chi connectivity index (χ0) is 23.5. The number of nitrogens with one attached hydrogen (secondary N) is 1. The summed E-state index contributed by atoms with van der Waals surface area (Å²) in [7, 11) is 0. The molecule has 2 aromatic carbocycles. The van der Waals surface area contributed by atoms with Gasteiger partial charge >= 0.3 is 5.97 Å². The molecule has 0 atom stereocenters. The number of allylic oxidation sites excluding steroid dienone is 1. The van der Waals surface area contributed by atoms with Gasteiger partial charge in [0.1, 0.15) is 11.8 Å². The average molecular weight is 449 g/mol. The van der Waals surface area contributed by atoms with Crippen molar-refractivity contribution in [1.82, 2.24) is 4.98 Å². The van der Waals surface area contributed by atoms with Gasteiger partial charge in [0, 0.05) is 5.39 Å². The fraction of sp³-hybridized carbons (Fsp3) is 0.111. The van der Waals surface area contributed by atoms with E-state index in [4.69, 9.17) is 14.1 Å². The van der Waals surface area contributed by atoms with E-state index >= 15 is 0 Å². The molecule has 0 saturated heterocycles. The Balaban J connectivity index is 1.43. The van der Waals surface area contributed by atoms with Crippen molar-refractivity contribution in [3.63, 3.8) is 0 Å². The number of para-hydroxylation sites is 2. The minimum Gasteiger partial charge on any atom is -0.465 e. The number of pyridine rings is 1. The molecule has 0 bridgehead atoms. The summed E-state index contributed by atoms with van der Waals surface area (Å²) in [6.07, 6.45) is 4.89. The Morgan fingerprint density at radius 1 is 1.09 bits per heavy atom. The third-order valence-corrected chi connectivity index (χ3v) is 5.66. The first kappa shape index (κ1) is 21.2. The second-order valence-corrected chi connectivity index (χ2v) is 7.80. The molecule has 2 heterocycles. The van der Waals surface area contributed by atoms with E-state index in [0.717, 1.165) is 22.6 Å². The van der Waals surface area contributed by atoms with E-state index in [2.05, 4.69) is 5.32 Å². The molecular formula is C27H19N3O4. The fourth-order valence-corrected chi connectivity index (χ4v) is 4.14. The van der Waals surface area contributed by atoms with Gasteiger partial charge in [-0.15, -0.1) is 0 Å². The highest BCUT2D eigenvalue weighted by atomic mass is 16.5. The van der Waals surface area contributed by atoms with Crippen molar-refractivity contribution in [1.29, 1.82) is 5.26 Å². The molecule has 0 unspecified atom stereocenters. The number of carbonyl (C=O) groups excluding carboxylic acids is 2. The van der Waals surface area contributed by atoms with E-state index in [1.54, 1.807) is 30.5 Å². The van der Waals surface area contributed by atoms with E-state index < -0.39 is 18.5 Å². The largest absolute Gasteiger partial charge is 0.465 e. The van der Waals surface area contributed by atoms with Crippen LogP contribution in [0, 0.1) is 11.3 Å². The highest BCUT2D eigenvalue weighted by molar-refractivity contribution is 6.08. The number of esters is 1. The van der Waals surface area contributed by atoms with Crippen LogP contribution in [0.5, 0.6) is 0 Å². The van der Waals surface area contributed by atoms with Crippen LogP contribution < -0.4 is 5.32 Å². The van der Waals surface area contributed by atoms with Gasteiger partial charge in [-0.1, -0.05) is 30.3 Å². The molecule has 0 radical (unpaired) electrons. The number of hydrogen-bond acceptors (Lipinski definition) is 6. The zero-order valence-corrected chi connectivity index (χ0v) is 18.1. The van der Waals surface area contributed by atoms with Crippen molar-refractivity contribution in [2.75, 3.05) is 11.9 Å².